The molecule has 0 aliphatic rings. The van der Waals surface area contributed by atoms with E-state index < -0.39 is 18.0 Å². The van der Waals surface area contributed by atoms with Crippen LogP contribution in [0, 0.1) is 0 Å². The van der Waals surface area contributed by atoms with E-state index >= 15 is 0 Å². The summed E-state index contributed by atoms with van der Waals surface area (Å²) in [5.41, 5.74) is 2.38. The molecule has 0 radical (unpaired) electrons. The summed E-state index contributed by atoms with van der Waals surface area (Å²) in [5.74, 6) is -1.09. The molecule has 1 amide bonds. The highest BCUT2D eigenvalue weighted by Gasteiger charge is 2.21. The van der Waals surface area contributed by atoms with Crippen molar-refractivity contribution < 1.29 is 23.5 Å². The van der Waals surface area contributed by atoms with Crippen molar-refractivity contribution in [2.45, 2.75) is 39.2 Å². The number of furan rings is 1. The maximum absolute atomic E-state index is 12.6. The number of hydrogen-bond acceptors (Lipinski definition) is 5. The summed E-state index contributed by atoms with van der Waals surface area (Å²) in [6.07, 6.45) is 0.487. The number of amides is 1. The van der Waals surface area contributed by atoms with E-state index in [1.165, 1.54) is 18.4 Å². The van der Waals surface area contributed by atoms with Gasteiger partial charge in [0.25, 0.3) is 5.91 Å². The summed E-state index contributed by atoms with van der Waals surface area (Å²) in [6, 6.07) is 16.7. The zero-order chi connectivity index (χ0) is 22.6. The molecule has 1 N–H and O–H groups in total. The molecule has 1 atom stereocenters. The minimum atomic E-state index is -0.925. The average molecular weight is 419 g/mol. The smallest absolute Gasteiger partial charge is 0.338 e. The molecule has 1 aromatic heterocycles. The second-order valence-electron chi connectivity index (χ2n) is 8.25. The molecule has 0 aliphatic carbocycles. The lowest BCUT2D eigenvalue weighted by Gasteiger charge is -2.19. The van der Waals surface area contributed by atoms with Crippen LogP contribution in [0.4, 0.5) is 5.69 Å². The molecule has 1 heterocycles. The van der Waals surface area contributed by atoms with E-state index in [2.05, 4.69) is 26.1 Å². The number of esters is 1. The van der Waals surface area contributed by atoms with Gasteiger partial charge in [-0.15, -0.1) is 0 Å². The summed E-state index contributed by atoms with van der Waals surface area (Å²) in [4.78, 5) is 37.0. The summed E-state index contributed by atoms with van der Waals surface area (Å²) in [5, 5.41) is 2.67. The third-order valence-corrected chi connectivity index (χ3v) is 4.81. The fourth-order valence-corrected chi connectivity index (χ4v) is 2.94. The Morgan fingerprint density at radius 2 is 1.52 bits per heavy atom. The SMILES string of the molecule is C[C@H](OC(=O)c1ccc(NC(=O)c2ccco2)cc1)C(=O)c1ccc(C(C)(C)C)cc1. The van der Waals surface area contributed by atoms with Crippen molar-refractivity contribution in [1.82, 2.24) is 0 Å². The van der Waals surface area contributed by atoms with Gasteiger partial charge in [-0.3, -0.25) is 9.59 Å². The lowest BCUT2D eigenvalue weighted by atomic mass is 9.86. The number of nitrogens with one attached hydrogen (secondary N) is 1. The van der Waals surface area contributed by atoms with E-state index in [0.717, 1.165) is 5.56 Å². The van der Waals surface area contributed by atoms with Crippen LogP contribution in [0.15, 0.2) is 71.3 Å². The first-order valence-electron chi connectivity index (χ1n) is 9.96. The van der Waals surface area contributed by atoms with Crippen LogP contribution in [0.2, 0.25) is 0 Å². The predicted molar refractivity (Wildman–Crippen MR) is 117 cm³/mol. The second-order valence-corrected chi connectivity index (χ2v) is 8.25. The fourth-order valence-electron chi connectivity index (χ4n) is 2.94. The van der Waals surface area contributed by atoms with Gasteiger partial charge in [-0.05, 0) is 54.3 Å². The molecule has 0 fully saturated rings. The molecule has 160 valence electrons. The van der Waals surface area contributed by atoms with Crippen molar-refractivity contribution in [3.05, 3.63) is 89.4 Å². The Bertz CT molecular complexity index is 1060. The number of anilines is 1. The second kappa shape index (κ2) is 9.00. The Balaban J connectivity index is 1.60. The monoisotopic (exact) mass is 419 g/mol. The number of ketones is 1. The highest BCUT2D eigenvalue weighted by atomic mass is 16.5. The number of hydrogen-bond donors (Lipinski definition) is 1. The lowest BCUT2D eigenvalue weighted by Crippen LogP contribution is -2.24. The third-order valence-electron chi connectivity index (χ3n) is 4.81. The Kier molecular flexibility index (Phi) is 6.39. The highest BCUT2D eigenvalue weighted by molar-refractivity contribution is 6.03. The van der Waals surface area contributed by atoms with Crippen molar-refractivity contribution >= 4 is 23.3 Å². The van der Waals surface area contributed by atoms with Crippen molar-refractivity contribution in [2.24, 2.45) is 0 Å². The highest BCUT2D eigenvalue weighted by Crippen LogP contribution is 2.23. The lowest BCUT2D eigenvalue weighted by molar-refractivity contribution is 0.0319. The normalized spacial score (nSPS) is 12.1. The van der Waals surface area contributed by atoms with E-state index in [0.29, 0.717) is 11.3 Å². The molecular weight excluding hydrogens is 394 g/mol. The van der Waals surface area contributed by atoms with Gasteiger partial charge < -0.3 is 14.5 Å². The van der Waals surface area contributed by atoms with Crippen LogP contribution in [0.25, 0.3) is 0 Å². The first kappa shape index (κ1) is 22.0. The standard InChI is InChI=1S/C25H25NO5/c1-16(22(27)17-7-11-19(12-8-17)25(2,3)4)31-24(29)18-9-13-20(14-10-18)26-23(28)21-6-5-15-30-21/h5-16H,1-4H3,(H,26,28)/t16-/m0/s1. The van der Waals surface area contributed by atoms with E-state index in [4.69, 9.17) is 9.15 Å². The third kappa shape index (κ3) is 5.48. The van der Waals surface area contributed by atoms with Gasteiger partial charge in [-0.2, -0.15) is 0 Å². The molecule has 0 spiro atoms. The van der Waals surface area contributed by atoms with E-state index in [1.807, 2.05) is 12.1 Å². The van der Waals surface area contributed by atoms with E-state index in [1.54, 1.807) is 43.3 Å². The van der Waals surface area contributed by atoms with Gasteiger partial charge >= 0.3 is 5.97 Å². The van der Waals surface area contributed by atoms with Crippen LogP contribution in [0.5, 0.6) is 0 Å². The van der Waals surface area contributed by atoms with Gasteiger partial charge in [-0.25, -0.2) is 4.79 Å². The van der Waals surface area contributed by atoms with Crippen molar-refractivity contribution in [1.29, 1.82) is 0 Å². The number of ether oxygens (including phenoxy) is 1. The van der Waals surface area contributed by atoms with Gasteiger partial charge in [0.15, 0.2) is 11.9 Å². The molecule has 31 heavy (non-hydrogen) atoms. The van der Waals surface area contributed by atoms with Gasteiger partial charge in [-0.1, -0.05) is 45.0 Å². The quantitative estimate of drug-likeness (QED) is 0.435. The van der Waals surface area contributed by atoms with Gasteiger partial charge in [0.2, 0.25) is 5.78 Å². The first-order valence-corrected chi connectivity index (χ1v) is 9.96. The van der Waals surface area contributed by atoms with Crippen LogP contribution >= 0.6 is 0 Å². The van der Waals surface area contributed by atoms with Crippen molar-refractivity contribution in [3.63, 3.8) is 0 Å². The van der Waals surface area contributed by atoms with Crippen molar-refractivity contribution in [3.8, 4) is 0 Å². The van der Waals surface area contributed by atoms with Crippen LogP contribution in [-0.2, 0) is 10.2 Å². The number of carbonyl (C=O) groups is 3. The molecule has 0 saturated carbocycles. The van der Waals surface area contributed by atoms with Crippen molar-refractivity contribution in [2.75, 3.05) is 5.32 Å². The minimum Gasteiger partial charge on any atom is -0.459 e. The van der Waals surface area contributed by atoms with Crippen LogP contribution in [-0.4, -0.2) is 23.8 Å². The molecule has 6 nitrogen and oxygen atoms in total. The number of rotatable bonds is 6. The molecule has 2 aromatic carbocycles. The largest absolute Gasteiger partial charge is 0.459 e. The number of benzene rings is 2. The zero-order valence-corrected chi connectivity index (χ0v) is 18.0. The Morgan fingerprint density at radius 3 is 2.06 bits per heavy atom. The maximum Gasteiger partial charge on any atom is 0.338 e. The van der Waals surface area contributed by atoms with Gasteiger partial charge in [0.05, 0.1) is 11.8 Å². The van der Waals surface area contributed by atoms with E-state index in [9.17, 15) is 14.4 Å². The van der Waals surface area contributed by atoms with Crippen LogP contribution < -0.4 is 5.32 Å². The fraction of sp³-hybridized carbons (Fsp3) is 0.240. The molecule has 0 aliphatic heterocycles. The summed E-state index contributed by atoms with van der Waals surface area (Å²) in [7, 11) is 0. The summed E-state index contributed by atoms with van der Waals surface area (Å²) < 4.78 is 10.4. The zero-order valence-electron chi connectivity index (χ0n) is 18.0. The summed E-state index contributed by atoms with van der Waals surface area (Å²) in [6.45, 7) is 7.85. The Morgan fingerprint density at radius 1 is 0.903 bits per heavy atom. The van der Waals surface area contributed by atoms with Gasteiger partial charge in [0, 0.05) is 11.3 Å². The molecule has 3 rings (SSSR count). The Hall–Kier alpha value is -3.67. The molecule has 6 heteroatoms. The van der Waals surface area contributed by atoms with E-state index in [-0.39, 0.29) is 22.5 Å². The maximum atomic E-state index is 12.6. The van der Waals surface area contributed by atoms with Gasteiger partial charge in [0.1, 0.15) is 0 Å². The molecule has 0 unspecified atom stereocenters. The molecular formula is C25H25NO5. The summed E-state index contributed by atoms with van der Waals surface area (Å²) >= 11 is 0. The average Bonchev–Trinajstić information content (AvgIpc) is 3.28. The minimum absolute atomic E-state index is 0.0107. The van der Waals surface area contributed by atoms with Crippen LogP contribution in [0.1, 0.15) is 64.5 Å². The Labute approximate surface area is 181 Å². The first-order chi connectivity index (χ1) is 14.6. The number of Topliss-reactive ketones (excluding diaryl/α,β-unsaturated/α-hetero) is 1. The molecule has 0 bridgehead atoms. The molecule has 3 aromatic rings. The predicted octanol–water partition coefficient (Wildman–Crippen LogP) is 5.26. The number of carbonyl (C=O) groups excluding carboxylic acids is 3. The topological polar surface area (TPSA) is 85.6 Å². The molecule has 0 saturated heterocycles. The van der Waals surface area contributed by atoms with Crippen LogP contribution in [0.3, 0.4) is 0 Å².